The summed E-state index contributed by atoms with van der Waals surface area (Å²) in [5, 5.41) is 0. The Kier molecular flexibility index (Phi) is 4.45. The average molecular weight is 266 g/mol. The molecule has 0 atom stereocenters. The summed E-state index contributed by atoms with van der Waals surface area (Å²) in [6, 6.07) is 0. The maximum absolute atomic E-state index is 5.10. The van der Waals surface area contributed by atoms with Crippen molar-refractivity contribution in [1.82, 2.24) is 0 Å². The molecule has 1 aliphatic rings. The molecule has 11 heavy (non-hydrogen) atoms. The second-order valence-corrected chi connectivity index (χ2v) is 3.79. The second-order valence-electron chi connectivity index (χ2n) is 3.17. The van der Waals surface area contributed by atoms with E-state index in [1.165, 1.54) is 25.7 Å². The smallest absolute Gasteiger partial charge is 0.109 e. The van der Waals surface area contributed by atoms with Crippen LogP contribution in [0.1, 0.15) is 32.6 Å². The highest BCUT2D eigenvalue weighted by Crippen LogP contribution is 2.28. The molecule has 0 spiro atoms. The molecule has 0 unspecified atom stereocenters. The van der Waals surface area contributed by atoms with Gasteiger partial charge in [-0.3, -0.25) is 0 Å². The minimum absolute atomic E-state index is 0.815. The van der Waals surface area contributed by atoms with E-state index in [4.69, 9.17) is 3.07 Å². The first-order valence-corrected chi connectivity index (χ1v) is 5.12. The fourth-order valence-electron chi connectivity index (χ4n) is 1.59. The first-order chi connectivity index (χ1) is 5.36. The van der Waals surface area contributed by atoms with Crippen LogP contribution >= 0.6 is 23.0 Å². The van der Waals surface area contributed by atoms with Gasteiger partial charge < -0.3 is 3.07 Å². The third-order valence-electron chi connectivity index (χ3n) is 2.45. The minimum Gasteiger partial charge on any atom is -0.316 e. The van der Waals surface area contributed by atoms with Crippen molar-refractivity contribution in [2.45, 2.75) is 32.6 Å². The van der Waals surface area contributed by atoms with Gasteiger partial charge in [0.25, 0.3) is 0 Å². The fraction of sp³-hybridized carbons (Fsp3) is 0.778. The number of hydrogen-bond acceptors (Lipinski definition) is 1. The summed E-state index contributed by atoms with van der Waals surface area (Å²) in [4.78, 5) is 0. The van der Waals surface area contributed by atoms with E-state index in [0.29, 0.717) is 0 Å². The van der Waals surface area contributed by atoms with Gasteiger partial charge in [-0.2, -0.15) is 0 Å². The second kappa shape index (κ2) is 5.14. The molecule has 0 heterocycles. The molecule has 1 fully saturated rings. The van der Waals surface area contributed by atoms with E-state index in [2.05, 4.69) is 13.0 Å². The van der Waals surface area contributed by atoms with Crippen LogP contribution in [-0.4, -0.2) is 6.61 Å². The molecular weight excluding hydrogens is 251 g/mol. The monoisotopic (exact) mass is 266 g/mol. The summed E-state index contributed by atoms with van der Waals surface area (Å²) in [6.45, 7) is 3.09. The van der Waals surface area contributed by atoms with Crippen LogP contribution in [-0.2, 0) is 3.07 Å². The lowest BCUT2D eigenvalue weighted by Crippen LogP contribution is -2.12. The van der Waals surface area contributed by atoms with Gasteiger partial charge >= 0.3 is 0 Å². The lowest BCUT2D eigenvalue weighted by molar-refractivity contribution is 0.278. The highest BCUT2D eigenvalue weighted by Gasteiger charge is 2.15. The van der Waals surface area contributed by atoms with Gasteiger partial charge in [0.2, 0.25) is 0 Å². The minimum atomic E-state index is 0.815. The molecule has 0 aliphatic heterocycles. The largest absolute Gasteiger partial charge is 0.316 e. The van der Waals surface area contributed by atoms with Gasteiger partial charge in [0.15, 0.2) is 0 Å². The van der Waals surface area contributed by atoms with Crippen molar-refractivity contribution >= 4 is 23.0 Å². The Labute approximate surface area is 82.9 Å². The van der Waals surface area contributed by atoms with E-state index in [1.807, 2.05) is 23.0 Å². The van der Waals surface area contributed by atoms with Crippen LogP contribution in [0.2, 0.25) is 0 Å². The van der Waals surface area contributed by atoms with Crippen molar-refractivity contribution in [1.29, 1.82) is 0 Å². The number of allylic oxidation sites excluding steroid dienone is 2. The predicted octanol–water partition coefficient (Wildman–Crippen LogP) is 3.49. The van der Waals surface area contributed by atoms with Gasteiger partial charge in [-0.25, -0.2) is 0 Å². The summed E-state index contributed by atoms with van der Waals surface area (Å²) < 4.78 is 5.10. The van der Waals surface area contributed by atoms with Crippen LogP contribution in [0.25, 0.3) is 0 Å². The lowest BCUT2D eigenvalue weighted by atomic mass is 9.86. The van der Waals surface area contributed by atoms with Crippen molar-refractivity contribution in [3.8, 4) is 0 Å². The molecule has 1 nitrogen and oxygen atoms in total. The van der Waals surface area contributed by atoms with Crippen LogP contribution in [0.4, 0.5) is 0 Å². The van der Waals surface area contributed by atoms with Crippen molar-refractivity contribution in [3.63, 3.8) is 0 Å². The van der Waals surface area contributed by atoms with Crippen molar-refractivity contribution in [2.24, 2.45) is 5.92 Å². The Morgan fingerprint density at radius 3 is 2.64 bits per heavy atom. The molecule has 0 bridgehead atoms. The van der Waals surface area contributed by atoms with Crippen LogP contribution in [0, 0.1) is 5.92 Å². The Bertz CT molecular complexity index is 132. The van der Waals surface area contributed by atoms with Gasteiger partial charge in [-0.1, -0.05) is 11.6 Å². The van der Waals surface area contributed by atoms with Crippen molar-refractivity contribution in [2.75, 3.05) is 6.61 Å². The third kappa shape index (κ3) is 3.11. The topological polar surface area (TPSA) is 9.23 Å². The summed E-state index contributed by atoms with van der Waals surface area (Å²) >= 11 is 1.99. The normalized spacial score (nSPS) is 25.3. The summed E-state index contributed by atoms with van der Waals surface area (Å²) in [6.07, 6.45) is 7.49. The lowest BCUT2D eigenvalue weighted by Gasteiger charge is -2.22. The van der Waals surface area contributed by atoms with Gasteiger partial charge in [0.05, 0.1) is 6.61 Å². The van der Waals surface area contributed by atoms with Crippen molar-refractivity contribution < 1.29 is 3.07 Å². The quantitative estimate of drug-likeness (QED) is 0.549. The highest BCUT2D eigenvalue weighted by molar-refractivity contribution is 14.1. The Hall–Kier alpha value is 0.430. The van der Waals surface area contributed by atoms with E-state index in [1.54, 1.807) is 5.57 Å². The third-order valence-corrected chi connectivity index (χ3v) is 2.81. The van der Waals surface area contributed by atoms with Crippen LogP contribution in [0.3, 0.4) is 0 Å². The Morgan fingerprint density at radius 1 is 1.55 bits per heavy atom. The number of halogens is 1. The fourth-order valence-corrected chi connectivity index (χ4v) is 2.10. The first kappa shape index (κ1) is 9.52. The van der Waals surface area contributed by atoms with Crippen LogP contribution in [0.5, 0.6) is 0 Å². The molecular formula is C9H15IO. The van der Waals surface area contributed by atoms with E-state index in [-0.39, 0.29) is 0 Å². The molecule has 1 saturated carbocycles. The first-order valence-electron chi connectivity index (χ1n) is 4.24. The molecule has 0 saturated heterocycles. The standard InChI is InChI=1S/C9H15IO/c1-2-8-3-5-9(6-4-8)7-11-10/h2,9H,3-7H2,1H3. The zero-order chi connectivity index (χ0) is 8.10. The van der Waals surface area contributed by atoms with E-state index >= 15 is 0 Å². The Morgan fingerprint density at radius 2 is 2.18 bits per heavy atom. The van der Waals surface area contributed by atoms with E-state index in [9.17, 15) is 0 Å². The maximum atomic E-state index is 5.10. The molecule has 0 aromatic carbocycles. The molecule has 64 valence electrons. The zero-order valence-corrected chi connectivity index (χ0v) is 9.13. The van der Waals surface area contributed by atoms with Gasteiger partial charge in [0.1, 0.15) is 23.0 Å². The maximum Gasteiger partial charge on any atom is 0.109 e. The van der Waals surface area contributed by atoms with Gasteiger partial charge in [-0.15, -0.1) is 0 Å². The molecule has 0 N–H and O–H groups in total. The molecule has 1 aliphatic carbocycles. The SMILES string of the molecule is CC=C1CCC(COI)CC1. The molecule has 0 aromatic rings. The van der Waals surface area contributed by atoms with E-state index in [0.717, 1.165) is 12.5 Å². The highest BCUT2D eigenvalue weighted by atomic mass is 127. The summed E-state index contributed by atoms with van der Waals surface area (Å²) in [7, 11) is 0. The molecule has 0 aromatic heterocycles. The van der Waals surface area contributed by atoms with E-state index < -0.39 is 0 Å². The van der Waals surface area contributed by atoms with Crippen LogP contribution in [0.15, 0.2) is 11.6 Å². The summed E-state index contributed by atoms with van der Waals surface area (Å²) in [5.41, 5.74) is 1.63. The zero-order valence-electron chi connectivity index (χ0n) is 6.98. The average Bonchev–Trinajstić information content (AvgIpc) is 2.07. The molecule has 0 radical (unpaired) electrons. The van der Waals surface area contributed by atoms with Gasteiger partial charge in [-0.05, 0) is 38.5 Å². The molecule has 0 amide bonds. The van der Waals surface area contributed by atoms with Crippen LogP contribution < -0.4 is 0 Å². The van der Waals surface area contributed by atoms with Crippen molar-refractivity contribution in [3.05, 3.63) is 11.6 Å². The number of hydrogen-bond donors (Lipinski definition) is 0. The van der Waals surface area contributed by atoms with Gasteiger partial charge in [0, 0.05) is 0 Å². The predicted molar refractivity (Wildman–Crippen MR) is 55.7 cm³/mol. The number of rotatable bonds is 2. The molecule has 2 heteroatoms. The Balaban J connectivity index is 2.24. The molecule has 1 rings (SSSR count). The summed E-state index contributed by atoms with van der Waals surface area (Å²) in [5.74, 6) is 0.815.